The largest absolute Gasteiger partial charge is 0.205 e. The van der Waals surface area contributed by atoms with E-state index in [4.69, 9.17) is 23.2 Å². The highest BCUT2D eigenvalue weighted by molar-refractivity contribution is 6.34. The summed E-state index contributed by atoms with van der Waals surface area (Å²) in [4.78, 5) is 0. The van der Waals surface area contributed by atoms with Crippen molar-refractivity contribution < 1.29 is 8.78 Å². The predicted molar refractivity (Wildman–Crippen MR) is 36.4 cm³/mol. The Morgan fingerprint density at radius 2 is 1.30 bits per heavy atom. The minimum absolute atomic E-state index is 0.175. The van der Waals surface area contributed by atoms with E-state index in [1.165, 1.54) is 0 Å². The lowest BCUT2D eigenvalue weighted by atomic mass is 10.3. The predicted octanol–water partition coefficient (Wildman–Crippen LogP) is 3.27. The van der Waals surface area contributed by atoms with Gasteiger partial charge >= 0.3 is 0 Å². The molecule has 0 bridgehead atoms. The van der Waals surface area contributed by atoms with Crippen LogP contribution in [0.4, 0.5) is 8.78 Å². The van der Waals surface area contributed by atoms with Gasteiger partial charge in [-0.2, -0.15) is 0 Å². The summed E-state index contributed by atoms with van der Waals surface area (Å²) >= 11 is 10.5. The lowest BCUT2D eigenvalue weighted by Gasteiger charge is -1.95. The Morgan fingerprint density at radius 1 is 0.900 bits per heavy atom. The van der Waals surface area contributed by atoms with Gasteiger partial charge in [0.1, 0.15) is 11.6 Å². The fourth-order valence-electron chi connectivity index (χ4n) is 0.498. The van der Waals surface area contributed by atoms with Gasteiger partial charge in [0, 0.05) is 6.07 Å². The van der Waals surface area contributed by atoms with E-state index in [0.29, 0.717) is 6.07 Å². The van der Waals surface area contributed by atoms with Gasteiger partial charge in [-0.05, 0) is 6.07 Å². The van der Waals surface area contributed by atoms with Gasteiger partial charge in [0.25, 0.3) is 0 Å². The lowest BCUT2D eigenvalue weighted by molar-refractivity contribution is 0.584. The van der Waals surface area contributed by atoms with E-state index < -0.39 is 11.6 Å². The minimum Gasteiger partial charge on any atom is -0.205 e. The number of hydrogen-bond acceptors (Lipinski definition) is 0. The molecule has 0 saturated heterocycles. The summed E-state index contributed by atoms with van der Waals surface area (Å²) in [6.07, 6.45) is 0. The maximum absolute atomic E-state index is 12.3. The van der Waals surface area contributed by atoms with E-state index in [1.54, 1.807) is 0 Å². The van der Waals surface area contributed by atoms with Gasteiger partial charge in [-0.15, -0.1) is 0 Å². The third-order valence-electron chi connectivity index (χ3n) is 0.963. The number of benzene rings is 1. The Labute approximate surface area is 66.4 Å². The van der Waals surface area contributed by atoms with Crippen molar-refractivity contribution in [3.8, 4) is 0 Å². The molecule has 1 aromatic carbocycles. The molecule has 54 valence electrons. The fraction of sp³-hybridized carbons (Fsp3) is 0. The molecule has 1 rings (SSSR count). The third kappa shape index (κ3) is 1.39. The highest BCUT2D eigenvalue weighted by Gasteiger charge is 2.05. The van der Waals surface area contributed by atoms with E-state index in [2.05, 4.69) is 0 Å². The first-order valence-corrected chi connectivity index (χ1v) is 3.17. The Morgan fingerprint density at radius 3 is 1.60 bits per heavy atom. The van der Waals surface area contributed by atoms with E-state index >= 15 is 0 Å². The average molecular weight is 183 g/mol. The van der Waals surface area contributed by atoms with Crippen LogP contribution in [0.15, 0.2) is 12.1 Å². The van der Waals surface area contributed by atoms with Gasteiger partial charge < -0.3 is 0 Å². The molecule has 0 spiro atoms. The molecule has 0 fully saturated rings. The second-order valence-corrected chi connectivity index (χ2v) is 2.49. The quantitative estimate of drug-likeness (QED) is 0.541. The van der Waals surface area contributed by atoms with Gasteiger partial charge in [-0.25, -0.2) is 8.78 Å². The Kier molecular flexibility index (Phi) is 2.11. The molecule has 0 aliphatic rings. The van der Waals surface area contributed by atoms with Crippen molar-refractivity contribution in [2.75, 3.05) is 0 Å². The lowest BCUT2D eigenvalue weighted by Crippen LogP contribution is -1.81. The van der Waals surface area contributed by atoms with Crippen LogP contribution in [0, 0.1) is 11.6 Å². The zero-order valence-electron chi connectivity index (χ0n) is 4.67. The van der Waals surface area contributed by atoms with Crippen LogP contribution in [0.5, 0.6) is 0 Å². The summed E-state index contributed by atoms with van der Waals surface area (Å²) in [5.74, 6) is -1.60. The Balaban J connectivity index is 3.28. The molecule has 0 heterocycles. The molecule has 0 radical (unpaired) electrons. The second kappa shape index (κ2) is 2.72. The van der Waals surface area contributed by atoms with Crippen LogP contribution in [0.3, 0.4) is 0 Å². The molecule has 0 aliphatic heterocycles. The van der Waals surface area contributed by atoms with E-state index in [-0.39, 0.29) is 10.0 Å². The molecular weight excluding hydrogens is 181 g/mol. The van der Waals surface area contributed by atoms with Gasteiger partial charge in [0.2, 0.25) is 0 Å². The summed E-state index contributed by atoms with van der Waals surface area (Å²) in [7, 11) is 0. The maximum atomic E-state index is 12.3. The molecular formula is C6H2Cl2F2. The molecule has 0 unspecified atom stereocenters. The summed E-state index contributed by atoms with van der Waals surface area (Å²) in [6, 6.07) is 1.67. The topological polar surface area (TPSA) is 0 Å². The Hall–Kier alpha value is -0.340. The normalized spacial score (nSPS) is 10.0. The summed E-state index contributed by atoms with van der Waals surface area (Å²) in [6.45, 7) is 0. The van der Waals surface area contributed by atoms with Gasteiger partial charge in [0.15, 0.2) is 0 Å². The van der Waals surface area contributed by atoms with Crippen LogP contribution in [0.25, 0.3) is 0 Å². The van der Waals surface area contributed by atoms with E-state index in [0.717, 1.165) is 6.07 Å². The number of hydrogen-bond donors (Lipinski definition) is 0. The van der Waals surface area contributed by atoms with Crippen molar-refractivity contribution in [2.24, 2.45) is 0 Å². The highest BCUT2D eigenvalue weighted by Crippen LogP contribution is 2.22. The van der Waals surface area contributed by atoms with Crippen molar-refractivity contribution in [1.82, 2.24) is 0 Å². The number of halogens is 4. The average Bonchev–Trinajstić information content (AvgIpc) is 1.84. The molecule has 0 aliphatic carbocycles. The molecule has 0 N–H and O–H groups in total. The zero-order valence-corrected chi connectivity index (χ0v) is 6.18. The third-order valence-corrected chi connectivity index (χ3v) is 1.54. The van der Waals surface area contributed by atoms with E-state index in [9.17, 15) is 8.78 Å². The molecule has 0 saturated carbocycles. The van der Waals surface area contributed by atoms with Crippen molar-refractivity contribution >= 4 is 23.2 Å². The first-order chi connectivity index (χ1) is 4.61. The SMILES string of the molecule is Fc1cc(F)c(Cl)cc1Cl. The fourth-order valence-corrected chi connectivity index (χ4v) is 0.881. The summed E-state index contributed by atoms with van der Waals surface area (Å²) in [5.41, 5.74) is 0. The standard InChI is InChI=1S/C6H2Cl2F2/c7-3-1-4(8)6(10)2-5(3)9/h1-2H. The molecule has 4 heteroatoms. The molecule has 0 aromatic heterocycles. The van der Waals surface area contributed by atoms with Gasteiger partial charge in [0.05, 0.1) is 10.0 Å². The first-order valence-electron chi connectivity index (χ1n) is 2.41. The number of rotatable bonds is 0. The van der Waals surface area contributed by atoms with Crippen LogP contribution < -0.4 is 0 Å². The van der Waals surface area contributed by atoms with Gasteiger partial charge in [-0.1, -0.05) is 23.2 Å². The molecule has 0 amide bonds. The van der Waals surface area contributed by atoms with E-state index in [1.807, 2.05) is 0 Å². The summed E-state index contributed by atoms with van der Waals surface area (Å²) in [5, 5.41) is -0.349. The van der Waals surface area contributed by atoms with Crippen LogP contribution >= 0.6 is 23.2 Å². The van der Waals surface area contributed by atoms with Crippen LogP contribution in [-0.2, 0) is 0 Å². The maximum Gasteiger partial charge on any atom is 0.144 e. The molecule has 10 heavy (non-hydrogen) atoms. The van der Waals surface area contributed by atoms with Crippen molar-refractivity contribution in [3.63, 3.8) is 0 Å². The summed E-state index contributed by atoms with van der Waals surface area (Å²) < 4.78 is 24.7. The minimum atomic E-state index is -0.802. The van der Waals surface area contributed by atoms with Crippen molar-refractivity contribution in [2.45, 2.75) is 0 Å². The smallest absolute Gasteiger partial charge is 0.144 e. The van der Waals surface area contributed by atoms with Crippen LogP contribution in [0.1, 0.15) is 0 Å². The van der Waals surface area contributed by atoms with Crippen LogP contribution in [-0.4, -0.2) is 0 Å². The first kappa shape index (κ1) is 7.76. The molecule has 0 atom stereocenters. The monoisotopic (exact) mass is 182 g/mol. The zero-order chi connectivity index (χ0) is 7.72. The van der Waals surface area contributed by atoms with Crippen molar-refractivity contribution in [1.29, 1.82) is 0 Å². The second-order valence-electron chi connectivity index (χ2n) is 1.68. The van der Waals surface area contributed by atoms with Crippen LogP contribution in [0.2, 0.25) is 10.0 Å². The highest BCUT2D eigenvalue weighted by atomic mass is 35.5. The van der Waals surface area contributed by atoms with Crippen molar-refractivity contribution in [3.05, 3.63) is 33.8 Å². The van der Waals surface area contributed by atoms with Gasteiger partial charge in [-0.3, -0.25) is 0 Å². The Bertz CT molecular complexity index is 210. The molecule has 0 nitrogen and oxygen atoms in total. The molecule has 1 aromatic rings.